The monoisotopic (exact) mass is 377 g/mol. The van der Waals surface area contributed by atoms with Gasteiger partial charge in [0.05, 0.1) is 0 Å². The standard InChI is InChI=1S/Ag.Ce.H2Se.Ti/h;;1H2;. The summed E-state index contributed by atoms with van der Waals surface area (Å²) in [6.45, 7) is 0. The number of hydrogen-bond donors (Lipinski definition) is 0. The van der Waals surface area contributed by atoms with E-state index < -0.39 is 0 Å². The second-order valence-electron chi connectivity index (χ2n) is 0. The Balaban J connectivity index is 0. The maximum absolute atomic E-state index is 0. The zero-order valence-corrected chi connectivity index (χ0v) is 10.1. The van der Waals surface area contributed by atoms with Crippen LogP contribution in [0, 0.1) is 41.7 Å². The summed E-state index contributed by atoms with van der Waals surface area (Å²) in [5, 5.41) is 0. The average molecular weight is 377 g/mol. The van der Waals surface area contributed by atoms with Gasteiger partial charge >= 0.3 is 17.1 Å². The smallest absolute Gasteiger partial charge is 0 e. The molecule has 0 aliphatic heterocycles. The molecule has 0 aliphatic carbocycles. The van der Waals surface area contributed by atoms with Crippen molar-refractivity contribution in [1.82, 2.24) is 0 Å². The van der Waals surface area contributed by atoms with E-state index in [9.17, 15) is 0 Å². The molecule has 0 nitrogen and oxygen atoms in total. The topological polar surface area (TPSA) is 0 Å². The van der Waals surface area contributed by atoms with Crippen LogP contribution in [0.3, 0.4) is 0 Å². The molecule has 0 aromatic carbocycles. The average Bonchev–Trinajstić information content (AvgIpc) is 0. The van der Waals surface area contributed by atoms with E-state index in [2.05, 4.69) is 0 Å². The van der Waals surface area contributed by atoms with Crippen molar-refractivity contribution in [2.75, 3.05) is 0 Å². The van der Waals surface area contributed by atoms with Crippen molar-refractivity contribution in [2.24, 2.45) is 0 Å². The summed E-state index contributed by atoms with van der Waals surface area (Å²) in [5.74, 6) is 0. The molecule has 0 N–H and O–H groups in total. The van der Waals surface area contributed by atoms with Crippen molar-refractivity contribution < 1.29 is 85.8 Å². The molecule has 0 spiro atoms. The van der Waals surface area contributed by atoms with Crippen molar-refractivity contribution in [3.63, 3.8) is 0 Å². The van der Waals surface area contributed by atoms with E-state index in [-0.39, 0.29) is 103 Å². The summed E-state index contributed by atoms with van der Waals surface area (Å²) in [4.78, 5) is 0. The largest absolute Gasteiger partial charge is 0 e. The fourth-order valence-corrected chi connectivity index (χ4v) is 0. The van der Waals surface area contributed by atoms with Gasteiger partial charge in [-0.2, -0.15) is 0 Å². The first kappa shape index (κ1) is 26.4. The van der Waals surface area contributed by atoms with Crippen LogP contribution in [0.5, 0.6) is 0 Å². The van der Waals surface area contributed by atoms with E-state index in [1.807, 2.05) is 0 Å². The summed E-state index contributed by atoms with van der Waals surface area (Å²) in [6, 6.07) is 0. The first-order chi connectivity index (χ1) is 0. The quantitative estimate of drug-likeness (QED) is 0.480. The minimum absolute atomic E-state index is 0. The van der Waals surface area contributed by atoms with Crippen LogP contribution in [0.2, 0.25) is 0 Å². The van der Waals surface area contributed by atoms with E-state index in [1.54, 1.807) is 0 Å². The molecule has 0 aromatic heterocycles. The van der Waals surface area contributed by atoms with Crippen LogP contribution < -0.4 is 0 Å². The maximum Gasteiger partial charge on any atom is 0 e. The van der Waals surface area contributed by atoms with Gasteiger partial charge < -0.3 is 0 Å². The molecule has 0 rings (SSSR count). The molecule has 27 valence electrons. The first-order valence-electron chi connectivity index (χ1n) is 0. The minimum Gasteiger partial charge on any atom is 0 e. The molecule has 4 heteroatoms. The van der Waals surface area contributed by atoms with E-state index in [4.69, 9.17) is 0 Å². The van der Waals surface area contributed by atoms with Crippen LogP contribution in [0.25, 0.3) is 0 Å². The fraction of sp³-hybridized carbons (Fsp3) is 0. The van der Waals surface area contributed by atoms with Gasteiger partial charge in [-0.3, -0.25) is 0 Å². The molecule has 0 heterocycles. The first-order valence-corrected chi connectivity index (χ1v) is 0. The fourth-order valence-electron chi connectivity index (χ4n) is 0. The summed E-state index contributed by atoms with van der Waals surface area (Å²) in [5.41, 5.74) is 0. The molecular weight excluding hydrogens is 375 g/mol. The Hall–Kier alpha value is 3.35. The molecule has 0 atom stereocenters. The van der Waals surface area contributed by atoms with Crippen molar-refractivity contribution in [2.45, 2.75) is 0 Å². The molecule has 0 bridgehead atoms. The maximum atomic E-state index is 0. The van der Waals surface area contributed by atoms with Gasteiger partial charge in [-0.25, -0.2) is 0 Å². The minimum atomic E-state index is 0. The van der Waals surface area contributed by atoms with E-state index in [0.29, 0.717) is 0 Å². The summed E-state index contributed by atoms with van der Waals surface area (Å²) in [6.07, 6.45) is 0. The zero-order chi connectivity index (χ0) is 0. The third kappa shape index (κ3) is 9.02. The molecular formula is H2AgCeSeTi. The molecule has 0 fully saturated rings. The van der Waals surface area contributed by atoms with Crippen LogP contribution in [0.1, 0.15) is 0 Å². The van der Waals surface area contributed by atoms with Gasteiger partial charge in [0, 0.05) is 85.8 Å². The Labute approximate surface area is 100 Å². The van der Waals surface area contributed by atoms with Crippen molar-refractivity contribution in [3.8, 4) is 0 Å². The Kier molecular flexibility index (Phi) is 107. The van der Waals surface area contributed by atoms with Crippen LogP contribution in [0.4, 0.5) is 0 Å². The Morgan fingerprint density at radius 3 is 1.00 bits per heavy atom. The summed E-state index contributed by atoms with van der Waals surface area (Å²) in [7, 11) is 0. The summed E-state index contributed by atoms with van der Waals surface area (Å²) >= 11 is 0. The van der Waals surface area contributed by atoms with Crippen molar-refractivity contribution in [1.29, 1.82) is 0 Å². The predicted molar refractivity (Wildman–Crippen MR) is 8.54 cm³/mol. The van der Waals surface area contributed by atoms with Gasteiger partial charge in [0.25, 0.3) is 0 Å². The van der Waals surface area contributed by atoms with Gasteiger partial charge in [0.2, 0.25) is 0 Å². The van der Waals surface area contributed by atoms with E-state index >= 15 is 0 Å². The molecule has 0 aromatic rings. The molecule has 4 heavy (non-hydrogen) atoms. The van der Waals surface area contributed by atoms with Crippen LogP contribution >= 0.6 is 0 Å². The Bertz CT molecular complexity index is 8.00. The predicted octanol–water partition coefficient (Wildman–Crippen LogP) is -0.921. The molecule has 0 saturated carbocycles. The Morgan fingerprint density at radius 1 is 1.00 bits per heavy atom. The number of hydrogen-bond acceptors (Lipinski definition) is 0. The van der Waals surface area contributed by atoms with Gasteiger partial charge in [-0.15, -0.1) is 0 Å². The molecule has 0 unspecified atom stereocenters. The van der Waals surface area contributed by atoms with Gasteiger partial charge in [-0.05, 0) is 0 Å². The third-order valence-corrected chi connectivity index (χ3v) is 0. The van der Waals surface area contributed by atoms with E-state index in [1.165, 1.54) is 0 Å². The van der Waals surface area contributed by atoms with Crippen molar-refractivity contribution >= 4 is 17.1 Å². The Morgan fingerprint density at radius 2 is 1.00 bits per heavy atom. The summed E-state index contributed by atoms with van der Waals surface area (Å²) < 4.78 is 0. The normalized spacial score (nSPS) is 0. The van der Waals surface area contributed by atoms with Gasteiger partial charge in [-0.1, -0.05) is 0 Å². The molecule has 1 radical (unpaired) electrons. The second-order valence-corrected chi connectivity index (χ2v) is 0. The van der Waals surface area contributed by atoms with E-state index in [0.717, 1.165) is 0 Å². The van der Waals surface area contributed by atoms with Gasteiger partial charge in [0.15, 0.2) is 0 Å². The number of rotatable bonds is 0. The van der Waals surface area contributed by atoms with Crippen LogP contribution in [-0.4, -0.2) is 17.1 Å². The van der Waals surface area contributed by atoms with Gasteiger partial charge in [0.1, 0.15) is 0 Å². The van der Waals surface area contributed by atoms with Crippen LogP contribution in [-0.2, 0) is 44.1 Å². The molecule has 0 amide bonds. The van der Waals surface area contributed by atoms with Crippen LogP contribution in [0.15, 0.2) is 0 Å². The molecule has 0 saturated heterocycles. The van der Waals surface area contributed by atoms with Crippen molar-refractivity contribution in [3.05, 3.63) is 0 Å². The molecule has 0 aliphatic rings. The SMILES string of the molecule is [Ag].[Ce].[SeH2].[Ti]. The zero-order valence-electron chi connectivity index (χ0n) is 1.80. The second kappa shape index (κ2) is 16.2. The third-order valence-electron chi connectivity index (χ3n) is 0.